The first-order valence-corrected chi connectivity index (χ1v) is 10.6. The minimum atomic E-state index is -0.617. The smallest absolute Gasteiger partial charge is 0.242 e. The lowest BCUT2D eigenvalue weighted by Gasteiger charge is -2.28. The normalized spacial score (nSPS) is 11.7. The molecule has 2 aromatic carbocycles. The first-order chi connectivity index (χ1) is 13.4. The summed E-state index contributed by atoms with van der Waals surface area (Å²) in [6, 6.07) is 12.8. The Morgan fingerprint density at radius 2 is 1.71 bits per heavy atom. The molecule has 1 N–H and O–H groups in total. The van der Waals surface area contributed by atoms with Gasteiger partial charge in [0.1, 0.15) is 11.9 Å². The van der Waals surface area contributed by atoms with E-state index in [1.54, 1.807) is 19.1 Å². The maximum absolute atomic E-state index is 13.2. The van der Waals surface area contributed by atoms with Crippen molar-refractivity contribution in [3.8, 4) is 0 Å². The summed E-state index contributed by atoms with van der Waals surface area (Å²) < 4.78 is 13.2. The van der Waals surface area contributed by atoms with E-state index >= 15 is 0 Å². The number of benzene rings is 2. The van der Waals surface area contributed by atoms with Crippen molar-refractivity contribution in [2.45, 2.75) is 32.2 Å². The third-order valence-electron chi connectivity index (χ3n) is 4.19. The van der Waals surface area contributed by atoms with E-state index < -0.39 is 6.04 Å². The summed E-state index contributed by atoms with van der Waals surface area (Å²) in [5, 5.41) is 3.42. The van der Waals surface area contributed by atoms with Gasteiger partial charge in [-0.25, -0.2) is 4.39 Å². The van der Waals surface area contributed by atoms with Crippen molar-refractivity contribution >= 4 is 35.2 Å². The zero-order chi connectivity index (χ0) is 20.5. The molecule has 150 valence electrons. The molecule has 0 fully saturated rings. The highest BCUT2D eigenvalue weighted by Crippen LogP contribution is 2.18. The lowest BCUT2D eigenvalue weighted by atomic mass is 10.1. The molecular formula is C21H24ClFN2O2S. The number of halogens is 2. The van der Waals surface area contributed by atoms with Crippen LogP contribution in [0.2, 0.25) is 5.02 Å². The second kappa shape index (κ2) is 11.1. The third kappa shape index (κ3) is 6.84. The molecule has 0 aliphatic carbocycles. The molecule has 2 rings (SSSR count). The topological polar surface area (TPSA) is 49.4 Å². The van der Waals surface area contributed by atoms with Crippen LogP contribution in [0.1, 0.15) is 25.0 Å². The van der Waals surface area contributed by atoms with Gasteiger partial charge in [-0.3, -0.25) is 9.59 Å². The van der Waals surface area contributed by atoms with Crippen molar-refractivity contribution in [1.82, 2.24) is 10.2 Å². The number of thioether (sulfide) groups is 1. The Kier molecular flexibility index (Phi) is 8.80. The summed E-state index contributed by atoms with van der Waals surface area (Å²) in [6.45, 7) is 4.28. The monoisotopic (exact) mass is 422 g/mol. The van der Waals surface area contributed by atoms with Gasteiger partial charge in [-0.2, -0.15) is 0 Å². The minimum Gasteiger partial charge on any atom is -0.355 e. The SMILES string of the molecule is CCNC(=O)[C@@H](C)N(Cc1ccc(F)cc1)C(=O)CSCc1ccc(Cl)cc1. The van der Waals surface area contributed by atoms with Gasteiger partial charge in [0.25, 0.3) is 0 Å². The summed E-state index contributed by atoms with van der Waals surface area (Å²) in [4.78, 5) is 26.6. The van der Waals surface area contributed by atoms with Gasteiger partial charge in [0.15, 0.2) is 0 Å². The maximum Gasteiger partial charge on any atom is 0.242 e. The number of rotatable bonds is 9. The van der Waals surface area contributed by atoms with Crippen molar-refractivity contribution in [1.29, 1.82) is 0 Å². The molecule has 0 heterocycles. The van der Waals surface area contributed by atoms with Crippen LogP contribution < -0.4 is 5.32 Å². The number of carbonyl (C=O) groups excluding carboxylic acids is 2. The zero-order valence-corrected chi connectivity index (χ0v) is 17.5. The highest BCUT2D eigenvalue weighted by Gasteiger charge is 2.25. The van der Waals surface area contributed by atoms with Gasteiger partial charge in [0.05, 0.1) is 5.75 Å². The molecule has 0 saturated carbocycles. The number of likely N-dealkylation sites (N-methyl/N-ethyl adjacent to an activating group) is 1. The number of nitrogens with one attached hydrogen (secondary N) is 1. The molecule has 0 spiro atoms. The summed E-state index contributed by atoms with van der Waals surface area (Å²) in [7, 11) is 0. The van der Waals surface area contributed by atoms with Gasteiger partial charge in [-0.05, 0) is 49.2 Å². The van der Waals surface area contributed by atoms with Crippen LogP contribution in [-0.4, -0.2) is 35.1 Å². The lowest BCUT2D eigenvalue weighted by molar-refractivity contribution is -0.138. The summed E-state index contributed by atoms with van der Waals surface area (Å²) in [6.07, 6.45) is 0. The van der Waals surface area contributed by atoms with E-state index in [0.717, 1.165) is 11.1 Å². The second-order valence-corrected chi connectivity index (χ2v) is 7.76. The number of nitrogens with zero attached hydrogens (tertiary/aromatic N) is 1. The van der Waals surface area contributed by atoms with Gasteiger partial charge < -0.3 is 10.2 Å². The molecule has 0 saturated heterocycles. The second-order valence-electron chi connectivity index (χ2n) is 6.34. The Hall–Kier alpha value is -2.05. The van der Waals surface area contributed by atoms with E-state index in [9.17, 15) is 14.0 Å². The molecule has 0 aliphatic rings. The Morgan fingerprint density at radius 1 is 1.11 bits per heavy atom. The number of hydrogen-bond acceptors (Lipinski definition) is 3. The van der Waals surface area contributed by atoms with Crippen molar-refractivity contribution in [3.05, 3.63) is 70.5 Å². The van der Waals surface area contributed by atoms with Crippen LogP contribution >= 0.6 is 23.4 Å². The fourth-order valence-electron chi connectivity index (χ4n) is 2.61. The fourth-order valence-corrected chi connectivity index (χ4v) is 3.61. The van der Waals surface area contributed by atoms with Crippen LogP contribution in [-0.2, 0) is 21.9 Å². The quantitative estimate of drug-likeness (QED) is 0.656. The van der Waals surface area contributed by atoms with E-state index in [1.807, 2.05) is 31.2 Å². The minimum absolute atomic E-state index is 0.137. The highest BCUT2D eigenvalue weighted by molar-refractivity contribution is 7.99. The standard InChI is InChI=1S/C21H24ClFN2O2S/c1-3-24-21(27)15(2)25(12-16-6-10-19(23)11-7-16)20(26)14-28-13-17-4-8-18(22)9-5-17/h4-11,15H,3,12-14H2,1-2H3,(H,24,27)/t15-/m1/s1. The van der Waals surface area contributed by atoms with Gasteiger partial charge in [0.2, 0.25) is 11.8 Å². The van der Waals surface area contributed by atoms with Crippen LogP contribution in [0, 0.1) is 5.82 Å². The molecule has 0 aliphatic heterocycles. The van der Waals surface area contributed by atoms with Crippen molar-refractivity contribution in [2.75, 3.05) is 12.3 Å². The van der Waals surface area contributed by atoms with Crippen LogP contribution in [0.15, 0.2) is 48.5 Å². The van der Waals surface area contributed by atoms with Crippen LogP contribution in [0.25, 0.3) is 0 Å². The van der Waals surface area contributed by atoms with Crippen molar-refractivity contribution in [3.63, 3.8) is 0 Å². The van der Waals surface area contributed by atoms with E-state index in [0.29, 0.717) is 17.3 Å². The van der Waals surface area contributed by atoms with E-state index in [2.05, 4.69) is 5.32 Å². The average Bonchev–Trinajstić information content (AvgIpc) is 2.68. The third-order valence-corrected chi connectivity index (χ3v) is 5.43. The molecule has 0 bridgehead atoms. The van der Waals surface area contributed by atoms with Crippen LogP contribution in [0.4, 0.5) is 4.39 Å². The first kappa shape index (κ1) is 22.2. The molecule has 2 aromatic rings. The Balaban J connectivity index is 2.03. The Bertz CT molecular complexity index is 784. The lowest BCUT2D eigenvalue weighted by Crippen LogP contribution is -2.48. The van der Waals surface area contributed by atoms with Crippen molar-refractivity contribution in [2.24, 2.45) is 0 Å². The van der Waals surface area contributed by atoms with Gasteiger partial charge in [-0.15, -0.1) is 11.8 Å². The largest absolute Gasteiger partial charge is 0.355 e. The van der Waals surface area contributed by atoms with E-state index in [1.165, 1.54) is 28.8 Å². The number of hydrogen-bond donors (Lipinski definition) is 1. The highest BCUT2D eigenvalue weighted by atomic mass is 35.5. The Morgan fingerprint density at radius 3 is 2.32 bits per heavy atom. The van der Waals surface area contributed by atoms with Gasteiger partial charge >= 0.3 is 0 Å². The fraction of sp³-hybridized carbons (Fsp3) is 0.333. The van der Waals surface area contributed by atoms with Crippen LogP contribution in [0.5, 0.6) is 0 Å². The zero-order valence-electron chi connectivity index (χ0n) is 16.0. The predicted molar refractivity (Wildman–Crippen MR) is 113 cm³/mol. The molecule has 4 nitrogen and oxygen atoms in total. The van der Waals surface area contributed by atoms with Crippen molar-refractivity contribution < 1.29 is 14.0 Å². The van der Waals surface area contributed by atoms with E-state index in [4.69, 9.17) is 11.6 Å². The predicted octanol–water partition coefficient (Wildman–Crippen LogP) is 4.27. The average molecular weight is 423 g/mol. The maximum atomic E-state index is 13.2. The molecule has 7 heteroatoms. The van der Waals surface area contributed by atoms with E-state index in [-0.39, 0.29) is 29.9 Å². The number of carbonyl (C=O) groups is 2. The number of amides is 2. The molecule has 0 aromatic heterocycles. The van der Waals surface area contributed by atoms with Crippen LogP contribution in [0.3, 0.4) is 0 Å². The van der Waals surface area contributed by atoms with Gasteiger partial charge in [-0.1, -0.05) is 35.9 Å². The molecule has 0 unspecified atom stereocenters. The molecule has 28 heavy (non-hydrogen) atoms. The molecule has 0 radical (unpaired) electrons. The first-order valence-electron chi connectivity index (χ1n) is 9.04. The summed E-state index contributed by atoms with van der Waals surface area (Å²) >= 11 is 7.36. The molecular weight excluding hydrogens is 399 g/mol. The van der Waals surface area contributed by atoms with Gasteiger partial charge in [0, 0.05) is 23.9 Å². The summed E-state index contributed by atoms with van der Waals surface area (Å²) in [5.74, 6) is 0.232. The summed E-state index contributed by atoms with van der Waals surface area (Å²) in [5.41, 5.74) is 1.85. The molecule has 1 atom stereocenters. The Labute approximate surface area is 174 Å². The molecule has 2 amide bonds.